The van der Waals surface area contributed by atoms with Gasteiger partial charge in [-0.25, -0.2) is 0 Å². The van der Waals surface area contributed by atoms with E-state index in [0.29, 0.717) is 5.76 Å². The maximum absolute atomic E-state index is 11.9. The molecule has 0 atom stereocenters. The van der Waals surface area contributed by atoms with Crippen LogP contribution in [0.15, 0.2) is 35.8 Å². The second-order valence-electron chi connectivity index (χ2n) is 2.60. The Balaban J connectivity index is 4.67. The van der Waals surface area contributed by atoms with Crippen LogP contribution in [0.2, 0.25) is 0 Å². The van der Waals surface area contributed by atoms with E-state index in [0.717, 1.165) is 0 Å². The summed E-state index contributed by atoms with van der Waals surface area (Å²) in [5.41, 5.74) is 0. The minimum absolute atomic E-state index is 0.290. The fourth-order valence-corrected chi connectivity index (χ4v) is 0.689. The van der Waals surface area contributed by atoms with Crippen molar-refractivity contribution in [1.82, 2.24) is 0 Å². The van der Waals surface area contributed by atoms with Gasteiger partial charge in [-0.3, -0.25) is 0 Å². The highest BCUT2D eigenvalue weighted by Gasteiger charge is 2.31. The first-order chi connectivity index (χ1) is 6.89. The molecule has 0 N–H and O–H groups in total. The summed E-state index contributed by atoms with van der Waals surface area (Å²) >= 11 is 0. The van der Waals surface area contributed by atoms with Crippen molar-refractivity contribution < 1.29 is 22.6 Å². The van der Waals surface area contributed by atoms with Crippen LogP contribution < -0.4 is 0 Å². The van der Waals surface area contributed by atoms with Crippen molar-refractivity contribution in [1.29, 1.82) is 0 Å². The van der Waals surface area contributed by atoms with Gasteiger partial charge in [0, 0.05) is 0 Å². The molecule has 0 aromatic rings. The topological polar surface area (TPSA) is 18.5 Å². The molecular formula is C10H13F3O2. The largest absolute Gasteiger partial charge is 0.573 e. The quantitative estimate of drug-likeness (QED) is 0.535. The van der Waals surface area contributed by atoms with E-state index in [9.17, 15) is 13.2 Å². The summed E-state index contributed by atoms with van der Waals surface area (Å²) in [5.74, 6) is 0.198. The van der Waals surface area contributed by atoms with Crippen molar-refractivity contribution in [3.63, 3.8) is 0 Å². The summed E-state index contributed by atoms with van der Waals surface area (Å²) in [7, 11) is 1.43. The molecule has 0 rings (SSSR count). The summed E-state index contributed by atoms with van der Waals surface area (Å²) in [5, 5.41) is 0. The van der Waals surface area contributed by atoms with Crippen molar-refractivity contribution in [2.24, 2.45) is 0 Å². The molecule has 5 heteroatoms. The van der Waals surface area contributed by atoms with Gasteiger partial charge in [-0.1, -0.05) is 6.08 Å². The van der Waals surface area contributed by atoms with Crippen molar-refractivity contribution in [2.75, 3.05) is 7.11 Å². The molecule has 0 heterocycles. The number of halogens is 3. The zero-order valence-electron chi connectivity index (χ0n) is 8.76. The highest BCUT2D eigenvalue weighted by Crippen LogP contribution is 2.21. The minimum atomic E-state index is -4.68. The molecule has 15 heavy (non-hydrogen) atoms. The Morgan fingerprint density at radius 1 is 1.20 bits per heavy atom. The molecule has 0 radical (unpaired) electrons. The molecule has 0 aliphatic carbocycles. The third-order valence-corrected chi connectivity index (χ3v) is 1.37. The van der Waals surface area contributed by atoms with Gasteiger partial charge in [0.2, 0.25) is 0 Å². The van der Waals surface area contributed by atoms with E-state index in [4.69, 9.17) is 4.74 Å². The Hall–Kier alpha value is -1.39. The van der Waals surface area contributed by atoms with Gasteiger partial charge in [0.15, 0.2) is 0 Å². The summed E-state index contributed by atoms with van der Waals surface area (Å²) in [4.78, 5) is 0. The summed E-state index contributed by atoms with van der Waals surface area (Å²) in [6.07, 6.45) is 0.564. The Morgan fingerprint density at radius 3 is 2.20 bits per heavy atom. The van der Waals surface area contributed by atoms with E-state index in [2.05, 4.69) is 4.74 Å². The lowest BCUT2D eigenvalue weighted by molar-refractivity contribution is -0.303. The SMILES string of the molecule is C\C=C/C(=C\C=C(/C)OC)OC(F)(F)F. The number of allylic oxidation sites excluding steroid dienone is 5. The van der Waals surface area contributed by atoms with Gasteiger partial charge in [-0.15, -0.1) is 13.2 Å². The molecule has 0 spiro atoms. The van der Waals surface area contributed by atoms with Crippen molar-refractivity contribution in [3.8, 4) is 0 Å². The minimum Gasteiger partial charge on any atom is -0.501 e. The number of methoxy groups -OCH3 is 1. The van der Waals surface area contributed by atoms with Crippen LogP contribution in [0.5, 0.6) is 0 Å². The van der Waals surface area contributed by atoms with Gasteiger partial charge in [-0.05, 0) is 32.1 Å². The zero-order valence-corrected chi connectivity index (χ0v) is 8.76. The van der Waals surface area contributed by atoms with Crippen molar-refractivity contribution in [2.45, 2.75) is 20.2 Å². The highest BCUT2D eigenvalue weighted by atomic mass is 19.4. The van der Waals surface area contributed by atoms with E-state index < -0.39 is 6.36 Å². The van der Waals surface area contributed by atoms with Crippen LogP contribution in [-0.4, -0.2) is 13.5 Å². The maximum Gasteiger partial charge on any atom is 0.573 e. The molecule has 0 aliphatic rings. The molecule has 0 aromatic carbocycles. The van der Waals surface area contributed by atoms with E-state index >= 15 is 0 Å². The molecule has 0 saturated heterocycles. The number of rotatable bonds is 4. The highest BCUT2D eigenvalue weighted by molar-refractivity contribution is 5.19. The third-order valence-electron chi connectivity index (χ3n) is 1.37. The van der Waals surface area contributed by atoms with E-state index in [1.807, 2.05) is 0 Å². The Morgan fingerprint density at radius 2 is 1.80 bits per heavy atom. The Bertz CT molecular complexity index is 275. The normalized spacial score (nSPS) is 14.5. The van der Waals surface area contributed by atoms with E-state index in [1.165, 1.54) is 31.4 Å². The Labute approximate surface area is 86.7 Å². The number of alkyl halides is 3. The number of hydrogen-bond donors (Lipinski definition) is 0. The van der Waals surface area contributed by atoms with Crippen molar-refractivity contribution >= 4 is 0 Å². The molecule has 0 bridgehead atoms. The third kappa shape index (κ3) is 7.66. The molecular weight excluding hydrogens is 209 g/mol. The molecule has 0 unspecified atom stereocenters. The molecule has 0 fully saturated rings. The van der Waals surface area contributed by atoms with Crippen LogP contribution in [0.4, 0.5) is 13.2 Å². The predicted octanol–water partition coefficient (Wildman–Crippen LogP) is 3.53. The van der Waals surface area contributed by atoms with Crippen molar-refractivity contribution in [3.05, 3.63) is 35.8 Å². The van der Waals surface area contributed by atoms with Gasteiger partial charge in [0.1, 0.15) is 5.76 Å². The fourth-order valence-electron chi connectivity index (χ4n) is 0.689. The van der Waals surface area contributed by atoms with Gasteiger partial charge in [0.25, 0.3) is 0 Å². The lowest BCUT2D eigenvalue weighted by Gasteiger charge is -2.08. The standard InChI is InChI=1S/C10H13F3O2/c1-4-5-9(15-10(11,12)13)7-6-8(2)14-3/h4-7H,1-3H3/b5-4-,8-6+,9-7+. The fraction of sp³-hybridized carbons (Fsp3) is 0.400. The first-order valence-electron chi connectivity index (χ1n) is 4.20. The number of ether oxygens (including phenoxy) is 2. The maximum atomic E-state index is 11.9. The smallest absolute Gasteiger partial charge is 0.501 e. The molecule has 86 valence electrons. The van der Waals surface area contributed by atoms with Gasteiger partial charge < -0.3 is 9.47 Å². The van der Waals surface area contributed by atoms with Crippen LogP contribution in [0.1, 0.15) is 13.8 Å². The first-order valence-corrected chi connectivity index (χ1v) is 4.20. The van der Waals surface area contributed by atoms with Gasteiger partial charge >= 0.3 is 6.36 Å². The zero-order chi connectivity index (χ0) is 11.9. The van der Waals surface area contributed by atoms with Gasteiger partial charge in [0.05, 0.1) is 12.9 Å². The van der Waals surface area contributed by atoms with Crippen LogP contribution in [-0.2, 0) is 9.47 Å². The summed E-state index contributed by atoms with van der Waals surface area (Å²) in [6.45, 7) is 3.22. The van der Waals surface area contributed by atoms with Crippen LogP contribution >= 0.6 is 0 Å². The van der Waals surface area contributed by atoms with Crippen LogP contribution in [0.3, 0.4) is 0 Å². The molecule has 0 aromatic heterocycles. The van der Waals surface area contributed by atoms with E-state index in [1.54, 1.807) is 13.8 Å². The average Bonchev–Trinajstić information content (AvgIpc) is 2.11. The summed E-state index contributed by atoms with van der Waals surface area (Å²) in [6, 6.07) is 0. The average molecular weight is 222 g/mol. The Kier molecular flexibility index (Phi) is 5.59. The number of hydrogen-bond acceptors (Lipinski definition) is 2. The predicted molar refractivity (Wildman–Crippen MR) is 50.8 cm³/mol. The monoisotopic (exact) mass is 222 g/mol. The van der Waals surface area contributed by atoms with Crippen LogP contribution in [0, 0.1) is 0 Å². The lowest BCUT2D eigenvalue weighted by atomic mass is 10.3. The first kappa shape index (κ1) is 13.6. The van der Waals surface area contributed by atoms with E-state index in [-0.39, 0.29) is 5.76 Å². The molecule has 0 aliphatic heterocycles. The molecule has 0 saturated carbocycles. The van der Waals surface area contributed by atoms with Gasteiger partial charge in [-0.2, -0.15) is 0 Å². The molecule has 2 nitrogen and oxygen atoms in total. The second kappa shape index (κ2) is 6.16. The summed E-state index contributed by atoms with van der Waals surface area (Å²) < 4.78 is 44.2. The lowest BCUT2D eigenvalue weighted by Crippen LogP contribution is -2.11. The second-order valence-corrected chi connectivity index (χ2v) is 2.60. The molecule has 0 amide bonds. The van der Waals surface area contributed by atoms with Crippen LogP contribution in [0.25, 0.3) is 0 Å².